The second-order valence-electron chi connectivity index (χ2n) is 6.21. The van der Waals surface area contributed by atoms with Crippen molar-refractivity contribution in [3.05, 3.63) is 90.0 Å². The van der Waals surface area contributed by atoms with E-state index in [9.17, 15) is 0 Å². The van der Waals surface area contributed by atoms with Crippen LogP contribution >= 0.6 is 0 Å². The number of ether oxygens (including phenoxy) is 1. The standard InChI is InChI=1S/C23H19NO/c1-16-12-14-19(15-13-16)25-23-17(2)20-10-6-7-11-21(20)24-22(23)18-8-4-3-5-9-18/h3-15H,1-2H3. The number of nitrogens with zero attached hydrogens (tertiary/aromatic N) is 1. The SMILES string of the molecule is Cc1ccc(Oc2c(-c3ccccc3)nc3ccccc3c2C)cc1. The predicted octanol–water partition coefficient (Wildman–Crippen LogP) is 6.31. The first-order valence-corrected chi connectivity index (χ1v) is 8.41. The Morgan fingerprint density at radius 1 is 0.720 bits per heavy atom. The summed E-state index contributed by atoms with van der Waals surface area (Å²) in [4.78, 5) is 4.89. The normalized spacial score (nSPS) is 10.8. The van der Waals surface area contributed by atoms with Crippen LogP contribution in [0.1, 0.15) is 11.1 Å². The molecule has 122 valence electrons. The van der Waals surface area contributed by atoms with Crippen LogP contribution in [-0.4, -0.2) is 4.98 Å². The van der Waals surface area contributed by atoms with Crippen LogP contribution in [-0.2, 0) is 0 Å². The lowest BCUT2D eigenvalue weighted by molar-refractivity contribution is 0.480. The van der Waals surface area contributed by atoms with Crippen molar-refractivity contribution in [2.45, 2.75) is 13.8 Å². The van der Waals surface area contributed by atoms with Gasteiger partial charge in [-0.1, -0.05) is 66.2 Å². The van der Waals surface area contributed by atoms with Crippen LogP contribution < -0.4 is 4.74 Å². The molecule has 0 spiro atoms. The number of hydrogen-bond acceptors (Lipinski definition) is 2. The zero-order chi connectivity index (χ0) is 17.2. The Morgan fingerprint density at radius 2 is 1.40 bits per heavy atom. The number of fused-ring (bicyclic) bond motifs is 1. The molecule has 0 atom stereocenters. The average Bonchev–Trinajstić information content (AvgIpc) is 2.66. The molecule has 0 aliphatic rings. The third kappa shape index (κ3) is 2.99. The fraction of sp³-hybridized carbons (Fsp3) is 0.0870. The number of aromatic nitrogens is 1. The molecule has 0 bridgehead atoms. The summed E-state index contributed by atoms with van der Waals surface area (Å²) in [6, 6.07) is 26.5. The van der Waals surface area contributed by atoms with E-state index in [1.54, 1.807) is 0 Å². The summed E-state index contributed by atoms with van der Waals surface area (Å²) in [5, 5.41) is 1.12. The molecule has 3 aromatic carbocycles. The van der Waals surface area contributed by atoms with Crippen molar-refractivity contribution in [1.29, 1.82) is 0 Å². The van der Waals surface area contributed by atoms with E-state index in [2.05, 4.69) is 44.2 Å². The molecule has 0 saturated carbocycles. The summed E-state index contributed by atoms with van der Waals surface area (Å²) in [5.41, 5.74) is 5.22. The van der Waals surface area contributed by atoms with Crippen LogP contribution in [0.3, 0.4) is 0 Å². The van der Waals surface area contributed by atoms with Crippen LogP contribution in [0.2, 0.25) is 0 Å². The van der Waals surface area contributed by atoms with Crippen molar-refractivity contribution in [3.8, 4) is 22.8 Å². The second-order valence-corrected chi connectivity index (χ2v) is 6.21. The summed E-state index contributed by atoms with van der Waals surface area (Å²) in [6.07, 6.45) is 0. The molecule has 0 aliphatic heterocycles. The zero-order valence-corrected chi connectivity index (χ0v) is 14.4. The van der Waals surface area contributed by atoms with Crippen LogP contribution in [0, 0.1) is 13.8 Å². The second kappa shape index (κ2) is 6.40. The Hall–Kier alpha value is -3.13. The lowest BCUT2D eigenvalue weighted by Gasteiger charge is -2.16. The minimum Gasteiger partial charge on any atom is -0.455 e. The fourth-order valence-electron chi connectivity index (χ4n) is 3.00. The zero-order valence-electron chi connectivity index (χ0n) is 14.4. The molecule has 0 amide bonds. The van der Waals surface area contributed by atoms with Gasteiger partial charge in [0, 0.05) is 16.5 Å². The third-order valence-corrected chi connectivity index (χ3v) is 4.38. The Labute approximate surface area is 147 Å². The van der Waals surface area contributed by atoms with E-state index in [0.717, 1.165) is 39.2 Å². The van der Waals surface area contributed by atoms with E-state index in [-0.39, 0.29) is 0 Å². The Bertz CT molecular complexity index is 1020. The van der Waals surface area contributed by atoms with Crippen molar-refractivity contribution in [2.75, 3.05) is 0 Å². The largest absolute Gasteiger partial charge is 0.455 e. The average molecular weight is 325 g/mol. The van der Waals surface area contributed by atoms with Crippen LogP contribution in [0.25, 0.3) is 22.2 Å². The first kappa shape index (κ1) is 15.4. The Kier molecular flexibility index (Phi) is 3.95. The van der Waals surface area contributed by atoms with Gasteiger partial charge in [0.15, 0.2) is 5.75 Å². The molecule has 2 heteroatoms. The molecule has 4 aromatic rings. The molecular formula is C23H19NO. The summed E-state index contributed by atoms with van der Waals surface area (Å²) in [5.74, 6) is 1.64. The first-order chi connectivity index (χ1) is 12.2. The van der Waals surface area contributed by atoms with Crippen molar-refractivity contribution in [3.63, 3.8) is 0 Å². The summed E-state index contributed by atoms with van der Waals surface area (Å²) in [7, 11) is 0. The summed E-state index contributed by atoms with van der Waals surface area (Å²) >= 11 is 0. The third-order valence-electron chi connectivity index (χ3n) is 4.38. The van der Waals surface area contributed by atoms with Gasteiger partial charge in [-0.25, -0.2) is 4.98 Å². The van der Waals surface area contributed by atoms with Crippen LogP contribution in [0.5, 0.6) is 11.5 Å². The minimum absolute atomic E-state index is 0.814. The molecule has 0 saturated heterocycles. The van der Waals surface area contributed by atoms with E-state index in [1.165, 1.54) is 5.56 Å². The smallest absolute Gasteiger partial charge is 0.157 e. The highest BCUT2D eigenvalue weighted by atomic mass is 16.5. The van der Waals surface area contributed by atoms with Crippen molar-refractivity contribution in [2.24, 2.45) is 0 Å². The quantitative estimate of drug-likeness (QED) is 0.440. The van der Waals surface area contributed by atoms with Gasteiger partial charge in [0.05, 0.1) is 5.52 Å². The van der Waals surface area contributed by atoms with Crippen molar-refractivity contribution < 1.29 is 4.74 Å². The highest BCUT2D eigenvalue weighted by Gasteiger charge is 2.15. The topological polar surface area (TPSA) is 22.1 Å². The van der Waals surface area contributed by atoms with E-state index in [0.29, 0.717) is 0 Å². The maximum Gasteiger partial charge on any atom is 0.157 e. The fourth-order valence-corrected chi connectivity index (χ4v) is 3.00. The molecule has 0 aliphatic carbocycles. The molecule has 0 radical (unpaired) electrons. The van der Waals surface area contributed by atoms with Gasteiger partial charge in [-0.2, -0.15) is 0 Å². The number of benzene rings is 3. The number of para-hydroxylation sites is 1. The summed E-state index contributed by atoms with van der Waals surface area (Å²) in [6.45, 7) is 4.17. The minimum atomic E-state index is 0.814. The van der Waals surface area contributed by atoms with Gasteiger partial charge >= 0.3 is 0 Å². The Balaban J connectivity index is 1.93. The molecule has 2 nitrogen and oxygen atoms in total. The maximum absolute atomic E-state index is 6.30. The molecular weight excluding hydrogens is 306 g/mol. The van der Waals surface area contributed by atoms with Gasteiger partial charge in [-0.3, -0.25) is 0 Å². The number of rotatable bonds is 3. The number of hydrogen-bond donors (Lipinski definition) is 0. The predicted molar refractivity (Wildman–Crippen MR) is 103 cm³/mol. The molecule has 0 unspecified atom stereocenters. The number of pyridine rings is 1. The van der Waals surface area contributed by atoms with Gasteiger partial charge in [0.2, 0.25) is 0 Å². The number of aryl methyl sites for hydroxylation is 2. The molecule has 1 aromatic heterocycles. The van der Waals surface area contributed by atoms with Gasteiger partial charge < -0.3 is 4.74 Å². The van der Waals surface area contributed by atoms with E-state index >= 15 is 0 Å². The van der Waals surface area contributed by atoms with Gasteiger partial charge in [-0.05, 0) is 32.0 Å². The first-order valence-electron chi connectivity index (χ1n) is 8.41. The van der Waals surface area contributed by atoms with Gasteiger partial charge in [0.1, 0.15) is 11.4 Å². The molecule has 4 rings (SSSR count). The van der Waals surface area contributed by atoms with Crippen LogP contribution in [0.4, 0.5) is 0 Å². The van der Waals surface area contributed by atoms with Crippen LogP contribution in [0.15, 0.2) is 78.9 Å². The summed E-state index contributed by atoms with van der Waals surface area (Å²) < 4.78 is 6.30. The monoisotopic (exact) mass is 325 g/mol. The molecule has 1 heterocycles. The lowest BCUT2D eigenvalue weighted by Crippen LogP contribution is -1.96. The van der Waals surface area contributed by atoms with E-state index in [1.807, 2.05) is 48.5 Å². The molecule has 25 heavy (non-hydrogen) atoms. The van der Waals surface area contributed by atoms with E-state index < -0.39 is 0 Å². The molecule has 0 fully saturated rings. The maximum atomic E-state index is 6.30. The van der Waals surface area contributed by atoms with Crippen molar-refractivity contribution >= 4 is 10.9 Å². The molecule has 0 N–H and O–H groups in total. The lowest BCUT2D eigenvalue weighted by atomic mass is 10.0. The highest BCUT2D eigenvalue weighted by molar-refractivity contribution is 5.89. The highest BCUT2D eigenvalue weighted by Crippen LogP contribution is 2.38. The Morgan fingerprint density at radius 3 is 2.16 bits per heavy atom. The van der Waals surface area contributed by atoms with Crippen molar-refractivity contribution in [1.82, 2.24) is 4.98 Å². The van der Waals surface area contributed by atoms with Gasteiger partial charge in [0.25, 0.3) is 0 Å². The van der Waals surface area contributed by atoms with Gasteiger partial charge in [-0.15, -0.1) is 0 Å². The van der Waals surface area contributed by atoms with E-state index in [4.69, 9.17) is 9.72 Å².